The van der Waals surface area contributed by atoms with Gasteiger partial charge in [0.15, 0.2) is 5.76 Å². The molecule has 0 saturated heterocycles. The summed E-state index contributed by atoms with van der Waals surface area (Å²) in [4.78, 5) is 0. The molecule has 2 rings (SSSR count). The summed E-state index contributed by atoms with van der Waals surface area (Å²) in [7, 11) is 0. The van der Waals surface area contributed by atoms with Crippen molar-refractivity contribution in [2.24, 2.45) is 0 Å². The van der Waals surface area contributed by atoms with Gasteiger partial charge in [-0.3, -0.25) is 0 Å². The molecule has 1 N–H and O–H groups in total. The van der Waals surface area contributed by atoms with E-state index in [1.54, 1.807) is 6.07 Å². The van der Waals surface area contributed by atoms with E-state index in [0.717, 1.165) is 24.3 Å². The molecule has 0 bridgehead atoms. The minimum atomic E-state index is -0.110. The van der Waals surface area contributed by atoms with Crippen LogP contribution in [0.25, 0.3) is 11.3 Å². The fourth-order valence-corrected chi connectivity index (χ4v) is 1.46. The van der Waals surface area contributed by atoms with Gasteiger partial charge in [-0.15, -0.1) is 0 Å². The number of aliphatic hydroxyl groups is 1. The Bertz CT molecular complexity index is 462. The Morgan fingerprint density at radius 1 is 1.29 bits per heavy atom. The van der Waals surface area contributed by atoms with Crippen LogP contribution in [0, 0.1) is 0 Å². The van der Waals surface area contributed by atoms with E-state index >= 15 is 0 Å². The van der Waals surface area contributed by atoms with E-state index < -0.39 is 0 Å². The van der Waals surface area contributed by atoms with Gasteiger partial charge in [-0.25, -0.2) is 0 Å². The maximum absolute atomic E-state index is 8.90. The van der Waals surface area contributed by atoms with Crippen LogP contribution in [0.3, 0.4) is 0 Å². The molecule has 2 aromatic rings. The van der Waals surface area contributed by atoms with E-state index in [0.29, 0.717) is 11.5 Å². The Hall–Kier alpha value is -1.81. The maximum Gasteiger partial charge on any atom is 0.167 e. The zero-order valence-corrected chi connectivity index (χ0v) is 9.72. The van der Waals surface area contributed by atoms with E-state index in [-0.39, 0.29) is 6.61 Å². The van der Waals surface area contributed by atoms with Crippen molar-refractivity contribution in [3.63, 3.8) is 0 Å². The molecule has 0 aliphatic carbocycles. The lowest BCUT2D eigenvalue weighted by atomic mass is 10.1. The quantitative estimate of drug-likeness (QED) is 0.862. The van der Waals surface area contributed by atoms with E-state index in [9.17, 15) is 0 Å². The highest BCUT2D eigenvalue weighted by atomic mass is 16.5. The average Bonchev–Trinajstić information content (AvgIpc) is 2.86. The minimum Gasteiger partial charge on any atom is -0.494 e. The predicted octanol–water partition coefficient (Wildman–Crippen LogP) is 2.62. The number of benzene rings is 1. The van der Waals surface area contributed by atoms with Crippen molar-refractivity contribution in [2.75, 3.05) is 6.61 Å². The third kappa shape index (κ3) is 2.85. The summed E-state index contributed by atoms with van der Waals surface area (Å²) in [6, 6.07) is 9.33. The molecular weight excluding hydrogens is 218 g/mol. The molecule has 0 amide bonds. The highest BCUT2D eigenvalue weighted by Gasteiger charge is 2.05. The van der Waals surface area contributed by atoms with Crippen LogP contribution in [-0.4, -0.2) is 16.9 Å². The van der Waals surface area contributed by atoms with Crippen molar-refractivity contribution in [2.45, 2.75) is 20.0 Å². The molecule has 4 nitrogen and oxygen atoms in total. The zero-order chi connectivity index (χ0) is 12.1. The van der Waals surface area contributed by atoms with Crippen LogP contribution in [0.4, 0.5) is 0 Å². The van der Waals surface area contributed by atoms with Crippen molar-refractivity contribution >= 4 is 0 Å². The molecule has 0 radical (unpaired) electrons. The number of nitrogens with zero attached hydrogens (tertiary/aromatic N) is 1. The van der Waals surface area contributed by atoms with Gasteiger partial charge in [0.1, 0.15) is 11.4 Å². The number of ether oxygens (including phenoxy) is 1. The molecule has 0 saturated carbocycles. The summed E-state index contributed by atoms with van der Waals surface area (Å²) in [5, 5.41) is 12.6. The molecule has 17 heavy (non-hydrogen) atoms. The van der Waals surface area contributed by atoms with Gasteiger partial charge in [0, 0.05) is 11.6 Å². The molecule has 0 unspecified atom stereocenters. The van der Waals surface area contributed by atoms with Crippen LogP contribution < -0.4 is 4.74 Å². The molecule has 4 heteroatoms. The second kappa shape index (κ2) is 5.50. The van der Waals surface area contributed by atoms with Gasteiger partial charge in [0.05, 0.1) is 13.2 Å². The molecule has 0 atom stereocenters. The molecule has 0 aliphatic rings. The highest BCUT2D eigenvalue weighted by molar-refractivity contribution is 5.58. The molecular formula is C13H15NO3. The summed E-state index contributed by atoms with van der Waals surface area (Å²) < 4.78 is 10.6. The summed E-state index contributed by atoms with van der Waals surface area (Å²) >= 11 is 0. The van der Waals surface area contributed by atoms with Gasteiger partial charge >= 0.3 is 0 Å². The van der Waals surface area contributed by atoms with E-state index in [1.807, 2.05) is 24.3 Å². The van der Waals surface area contributed by atoms with E-state index in [4.69, 9.17) is 14.4 Å². The molecule has 1 aromatic carbocycles. The number of hydrogen-bond acceptors (Lipinski definition) is 4. The lowest BCUT2D eigenvalue weighted by molar-refractivity contribution is 0.267. The van der Waals surface area contributed by atoms with Gasteiger partial charge in [-0.2, -0.15) is 0 Å². The van der Waals surface area contributed by atoms with Crippen molar-refractivity contribution in [3.8, 4) is 17.1 Å². The zero-order valence-electron chi connectivity index (χ0n) is 9.72. The number of aromatic nitrogens is 1. The highest BCUT2D eigenvalue weighted by Crippen LogP contribution is 2.23. The molecule has 0 fully saturated rings. The van der Waals surface area contributed by atoms with Crippen LogP contribution in [0.1, 0.15) is 19.0 Å². The van der Waals surface area contributed by atoms with Crippen molar-refractivity contribution in [1.82, 2.24) is 5.16 Å². The lowest BCUT2D eigenvalue weighted by Gasteiger charge is -2.04. The monoisotopic (exact) mass is 233 g/mol. The Balaban J connectivity index is 2.11. The van der Waals surface area contributed by atoms with Gasteiger partial charge in [0.25, 0.3) is 0 Å². The Morgan fingerprint density at radius 3 is 2.65 bits per heavy atom. The topological polar surface area (TPSA) is 55.5 Å². The number of rotatable bonds is 5. The van der Waals surface area contributed by atoms with Crippen molar-refractivity contribution in [1.29, 1.82) is 0 Å². The third-order valence-electron chi connectivity index (χ3n) is 2.33. The Labute approximate surface area is 99.8 Å². The molecule has 1 aromatic heterocycles. The first-order valence-electron chi connectivity index (χ1n) is 5.63. The van der Waals surface area contributed by atoms with Crippen LogP contribution in [0.2, 0.25) is 0 Å². The first kappa shape index (κ1) is 11.7. The second-order valence-corrected chi connectivity index (χ2v) is 3.71. The molecule has 1 heterocycles. The van der Waals surface area contributed by atoms with E-state index in [1.165, 1.54) is 0 Å². The summed E-state index contributed by atoms with van der Waals surface area (Å²) in [6.45, 7) is 2.68. The normalized spacial score (nSPS) is 10.5. The predicted molar refractivity (Wildman–Crippen MR) is 63.6 cm³/mol. The SMILES string of the molecule is CCCOc1ccc(-c2cc(CO)no2)cc1. The third-order valence-corrected chi connectivity index (χ3v) is 2.33. The van der Waals surface area contributed by atoms with Crippen molar-refractivity contribution in [3.05, 3.63) is 36.0 Å². The molecule has 0 spiro atoms. The number of aliphatic hydroxyl groups excluding tert-OH is 1. The second-order valence-electron chi connectivity index (χ2n) is 3.71. The Morgan fingerprint density at radius 2 is 2.06 bits per heavy atom. The first-order chi connectivity index (χ1) is 8.33. The van der Waals surface area contributed by atoms with Crippen molar-refractivity contribution < 1.29 is 14.4 Å². The summed E-state index contributed by atoms with van der Waals surface area (Å²) in [6.07, 6.45) is 0.990. The fourth-order valence-electron chi connectivity index (χ4n) is 1.46. The fraction of sp³-hybridized carbons (Fsp3) is 0.308. The smallest absolute Gasteiger partial charge is 0.167 e. The lowest BCUT2D eigenvalue weighted by Crippen LogP contribution is -1.94. The van der Waals surface area contributed by atoms with Gasteiger partial charge < -0.3 is 14.4 Å². The van der Waals surface area contributed by atoms with Gasteiger partial charge in [-0.05, 0) is 30.7 Å². The number of hydrogen-bond donors (Lipinski definition) is 1. The standard InChI is InChI=1S/C13H15NO3/c1-2-7-16-12-5-3-10(4-6-12)13-8-11(9-15)14-17-13/h3-6,8,15H,2,7,9H2,1H3. The largest absolute Gasteiger partial charge is 0.494 e. The van der Waals surface area contributed by atoms with Crippen LogP contribution in [-0.2, 0) is 6.61 Å². The Kier molecular flexibility index (Phi) is 3.77. The van der Waals surface area contributed by atoms with Gasteiger partial charge in [-0.1, -0.05) is 12.1 Å². The van der Waals surface area contributed by atoms with Gasteiger partial charge in [0.2, 0.25) is 0 Å². The summed E-state index contributed by atoms with van der Waals surface area (Å²) in [5.74, 6) is 1.49. The maximum atomic E-state index is 8.90. The molecule has 90 valence electrons. The molecule has 0 aliphatic heterocycles. The van der Waals surface area contributed by atoms with Crippen LogP contribution in [0.5, 0.6) is 5.75 Å². The van der Waals surface area contributed by atoms with Crippen LogP contribution >= 0.6 is 0 Å². The first-order valence-corrected chi connectivity index (χ1v) is 5.63. The van der Waals surface area contributed by atoms with E-state index in [2.05, 4.69) is 12.1 Å². The van der Waals surface area contributed by atoms with Crippen LogP contribution in [0.15, 0.2) is 34.9 Å². The minimum absolute atomic E-state index is 0.110. The summed E-state index contributed by atoms with van der Waals surface area (Å²) in [5.41, 5.74) is 1.45. The average molecular weight is 233 g/mol.